The molecule has 1 aromatic carbocycles. The minimum Gasteiger partial charge on any atom is -0.324 e. The molecule has 1 fully saturated rings. The monoisotopic (exact) mass is 422 g/mol. The Hall–Kier alpha value is -3.52. The average molecular weight is 423 g/mol. The molecular formula is C21H16ClFN6O. The summed E-state index contributed by atoms with van der Waals surface area (Å²) < 4.78 is 15.9. The minimum atomic E-state index is -0.460. The van der Waals surface area contributed by atoms with Crippen molar-refractivity contribution in [1.82, 2.24) is 24.6 Å². The van der Waals surface area contributed by atoms with Crippen molar-refractivity contribution in [3.05, 3.63) is 65.8 Å². The fraction of sp³-hybridized carbons (Fsp3) is 0.143. The van der Waals surface area contributed by atoms with Crippen molar-refractivity contribution in [3.63, 3.8) is 0 Å². The second-order valence-electron chi connectivity index (χ2n) is 6.98. The summed E-state index contributed by atoms with van der Waals surface area (Å²) in [5, 5.41) is 8.39. The highest BCUT2D eigenvalue weighted by Gasteiger charge is 2.20. The second kappa shape index (κ2) is 7.38. The first kappa shape index (κ1) is 18.5. The summed E-state index contributed by atoms with van der Waals surface area (Å²) >= 11 is 6.23. The summed E-state index contributed by atoms with van der Waals surface area (Å²) in [5.41, 5.74) is 2.52. The van der Waals surface area contributed by atoms with Gasteiger partial charge in [0.2, 0.25) is 0 Å². The Balaban J connectivity index is 1.49. The SMILES string of the molecule is O=C(Nc1ccc(F)c(-n2cc3cc(-c4ncccc4Cl)cnc3n2)c1)N1CCC1. The standard InChI is InChI=1S/C21H16ClFN6O/c22-16-3-1-6-24-19(16)13-9-14-12-29(27-20(14)25-11-13)18-10-15(4-5-17(18)23)26-21(30)28-7-2-8-28/h1,3-6,9-12H,2,7-8H2,(H,26,30). The number of rotatable bonds is 3. The average Bonchev–Trinajstić information content (AvgIpc) is 3.11. The fourth-order valence-electron chi connectivity index (χ4n) is 3.25. The normalized spacial score (nSPS) is 13.3. The molecule has 0 aliphatic carbocycles. The highest BCUT2D eigenvalue weighted by atomic mass is 35.5. The van der Waals surface area contributed by atoms with Gasteiger partial charge in [-0.1, -0.05) is 11.6 Å². The van der Waals surface area contributed by atoms with E-state index in [0.29, 0.717) is 27.4 Å². The maximum absolute atomic E-state index is 14.5. The first-order chi connectivity index (χ1) is 14.6. The van der Waals surface area contributed by atoms with E-state index in [1.165, 1.54) is 16.8 Å². The molecule has 30 heavy (non-hydrogen) atoms. The number of pyridine rings is 2. The van der Waals surface area contributed by atoms with E-state index in [9.17, 15) is 9.18 Å². The highest BCUT2D eigenvalue weighted by Crippen LogP contribution is 2.28. The first-order valence-electron chi connectivity index (χ1n) is 9.41. The summed E-state index contributed by atoms with van der Waals surface area (Å²) in [5.74, 6) is -0.460. The quantitative estimate of drug-likeness (QED) is 0.527. The van der Waals surface area contributed by atoms with Crippen molar-refractivity contribution in [2.24, 2.45) is 0 Å². The lowest BCUT2D eigenvalue weighted by molar-refractivity contribution is 0.181. The number of carbonyl (C=O) groups excluding carboxylic acids is 1. The maximum atomic E-state index is 14.5. The number of hydrogen-bond donors (Lipinski definition) is 1. The zero-order valence-corrected chi connectivity index (χ0v) is 16.5. The molecule has 5 rings (SSSR count). The van der Waals surface area contributed by atoms with Gasteiger partial charge in [-0.2, -0.15) is 0 Å². The second-order valence-corrected chi connectivity index (χ2v) is 7.39. The van der Waals surface area contributed by atoms with Gasteiger partial charge in [-0.05, 0) is 42.8 Å². The molecule has 0 bridgehead atoms. The molecule has 2 amide bonds. The Morgan fingerprint density at radius 1 is 1.17 bits per heavy atom. The third kappa shape index (κ3) is 3.35. The van der Waals surface area contributed by atoms with Gasteiger partial charge in [-0.3, -0.25) is 4.98 Å². The van der Waals surface area contributed by atoms with Gasteiger partial charge in [0.15, 0.2) is 5.65 Å². The number of urea groups is 1. The van der Waals surface area contributed by atoms with Crippen LogP contribution in [0.5, 0.6) is 0 Å². The largest absolute Gasteiger partial charge is 0.324 e. The molecular weight excluding hydrogens is 407 g/mol. The van der Waals surface area contributed by atoms with E-state index in [1.807, 2.05) is 6.07 Å². The summed E-state index contributed by atoms with van der Waals surface area (Å²) in [7, 11) is 0. The van der Waals surface area contributed by atoms with Crippen molar-refractivity contribution < 1.29 is 9.18 Å². The number of aromatic nitrogens is 4. The van der Waals surface area contributed by atoms with Crippen LogP contribution in [0.15, 0.2) is 55.0 Å². The molecule has 1 aliphatic heterocycles. The lowest BCUT2D eigenvalue weighted by Gasteiger charge is -2.30. The van der Waals surface area contributed by atoms with Crippen LogP contribution >= 0.6 is 11.6 Å². The zero-order valence-electron chi connectivity index (χ0n) is 15.7. The van der Waals surface area contributed by atoms with Crippen LogP contribution in [-0.4, -0.2) is 43.8 Å². The smallest absolute Gasteiger partial charge is 0.321 e. The van der Waals surface area contributed by atoms with Crippen LogP contribution < -0.4 is 5.32 Å². The van der Waals surface area contributed by atoms with Crippen LogP contribution in [0.2, 0.25) is 5.02 Å². The van der Waals surface area contributed by atoms with Crippen LogP contribution in [0.1, 0.15) is 6.42 Å². The van der Waals surface area contributed by atoms with Crippen LogP contribution in [0.3, 0.4) is 0 Å². The van der Waals surface area contributed by atoms with Gasteiger partial charge in [0, 0.05) is 48.3 Å². The van der Waals surface area contributed by atoms with Crippen LogP contribution in [0, 0.1) is 5.82 Å². The number of nitrogens with zero attached hydrogens (tertiary/aromatic N) is 5. The van der Waals surface area contributed by atoms with Crippen molar-refractivity contribution in [2.75, 3.05) is 18.4 Å². The first-order valence-corrected chi connectivity index (χ1v) is 9.78. The molecule has 1 N–H and O–H groups in total. The van der Waals surface area contributed by atoms with E-state index in [-0.39, 0.29) is 11.7 Å². The molecule has 1 aliphatic rings. The third-order valence-electron chi connectivity index (χ3n) is 4.98. The number of amides is 2. The number of benzene rings is 1. The molecule has 0 radical (unpaired) electrons. The summed E-state index contributed by atoms with van der Waals surface area (Å²) in [6.45, 7) is 1.47. The van der Waals surface area contributed by atoms with Crippen LogP contribution in [0.4, 0.5) is 14.9 Å². The van der Waals surface area contributed by atoms with E-state index in [2.05, 4.69) is 20.4 Å². The van der Waals surface area contributed by atoms with Crippen molar-refractivity contribution in [3.8, 4) is 16.9 Å². The zero-order chi connectivity index (χ0) is 20.7. The van der Waals surface area contributed by atoms with Crippen LogP contribution in [0.25, 0.3) is 28.0 Å². The lowest BCUT2D eigenvalue weighted by atomic mass is 10.1. The van der Waals surface area contributed by atoms with Gasteiger partial charge in [0.1, 0.15) is 11.5 Å². The van der Waals surface area contributed by atoms with Gasteiger partial charge in [0.25, 0.3) is 0 Å². The summed E-state index contributed by atoms with van der Waals surface area (Å²) in [6, 6.07) is 9.56. The van der Waals surface area contributed by atoms with Gasteiger partial charge >= 0.3 is 6.03 Å². The van der Waals surface area contributed by atoms with Crippen molar-refractivity contribution >= 4 is 34.4 Å². The summed E-state index contributed by atoms with van der Waals surface area (Å²) in [6.07, 6.45) is 5.97. The van der Waals surface area contributed by atoms with E-state index < -0.39 is 5.82 Å². The number of likely N-dealkylation sites (tertiary alicyclic amines) is 1. The number of nitrogens with one attached hydrogen (secondary N) is 1. The number of carbonyl (C=O) groups is 1. The predicted molar refractivity (Wildman–Crippen MR) is 112 cm³/mol. The maximum Gasteiger partial charge on any atom is 0.321 e. The lowest BCUT2D eigenvalue weighted by Crippen LogP contribution is -2.44. The molecule has 150 valence electrons. The molecule has 4 aromatic rings. The summed E-state index contributed by atoms with van der Waals surface area (Å²) in [4.78, 5) is 22.5. The number of fused-ring (bicyclic) bond motifs is 1. The van der Waals surface area contributed by atoms with Gasteiger partial charge in [-0.25, -0.2) is 18.9 Å². The third-order valence-corrected chi connectivity index (χ3v) is 5.28. The number of halogens is 2. The Labute approximate surface area is 176 Å². The molecule has 3 aromatic heterocycles. The molecule has 1 saturated heterocycles. The van der Waals surface area contributed by atoms with Gasteiger partial charge in [0.05, 0.1) is 10.7 Å². The number of anilines is 1. The molecule has 9 heteroatoms. The minimum absolute atomic E-state index is 0.192. The highest BCUT2D eigenvalue weighted by molar-refractivity contribution is 6.33. The van der Waals surface area contributed by atoms with E-state index in [0.717, 1.165) is 25.1 Å². The van der Waals surface area contributed by atoms with Crippen molar-refractivity contribution in [2.45, 2.75) is 6.42 Å². The fourth-order valence-corrected chi connectivity index (χ4v) is 3.49. The van der Waals surface area contributed by atoms with E-state index in [1.54, 1.807) is 41.7 Å². The predicted octanol–water partition coefficient (Wildman–Crippen LogP) is 4.51. The Morgan fingerprint density at radius 2 is 2.03 bits per heavy atom. The topological polar surface area (TPSA) is 75.9 Å². The Morgan fingerprint density at radius 3 is 2.80 bits per heavy atom. The Kier molecular flexibility index (Phi) is 4.55. The van der Waals surface area contributed by atoms with E-state index >= 15 is 0 Å². The molecule has 4 heterocycles. The molecule has 0 saturated carbocycles. The van der Waals surface area contributed by atoms with E-state index in [4.69, 9.17) is 11.6 Å². The Bertz CT molecular complexity index is 1270. The van der Waals surface area contributed by atoms with Crippen LogP contribution in [-0.2, 0) is 0 Å². The van der Waals surface area contributed by atoms with Gasteiger partial charge < -0.3 is 10.2 Å². The molecule has 0 spiro atoms. The van der Waals surface area contributed by atoms with Crippen molar-refractivity contribution in [1.29, 1.82) is 0 Å². The molecule has 7 nitrogen and oxygen atoms in total. The van der Waals surface area contributed by atoms with Gasteiger partial charge in [-0.15, -0.1) is 5.10 Å². The molecule has 0 unspecified atom stereocenters. The molecule has 0 atom stereocenters. The number of hydrogen-bond acceptors (Lipinski definition) is 4.